The molecule has 2 N–H and O–H groups in total. The first-order valence-corrected chi connectivity index (χ1v) is 6.49. The number of benzene rings is 1. The summed E-state index contributed by atoms with van der Waals surface area (Å²) in [5, 5.41) is 6.85. The average molecular weight is 238 g/mol. The Labute approximate surface area is 104 Å². The number of halogens is 1. The van der Waals surface area contributed by atoms with Crippen LogP contribution in [0.15, 0.2) is 24.3 Å². The fraction of sp³-hybridized carbons (Fsp3) is 0.571. The van der Waals surface area contributed by atoms with Crippen LogP contribution in [0.4, 0.5) is 10.1 Å². The molecule has 1 aromatic carbocycles. The average Bonchev–Trinajstić information content (AvgIpc) is 2.32. The Hall–Kier alpha value is -1.09. The highest BCUT2D eigenvalue weighted by Crippen LogP contribution is 2.11. The van der Waals surface area contributed by atoms with Gasteiger partial charge in [-0.2, -0.15) is 0 Å². The van der Waals surface area contributed by atoms with Crippen molar-refractivity contribution < 1.29 is 4.39 Å². The predicted octanol–water partition coefficient (Wildman–Crippen LogP) is 3.41. The maximum atomic E-state index is 12.8. The molecule has 0 aliphatic rings. The van der Waals surface area contributed by atoms with E-state index in [9.17, 15) is 4.39 Å². The van der Waals surface area contributed by atoms with Crippen LogP contribution in [0.5, 0.6) is 0 Å². The normalized spacial score (nSPS) is 12.4. The lowest BCUT2D eigenvalue weighted by Crippen LogP contribution is -2.33. The lowest BCUT2D eigenvalue weighted by Gasteiger charge is -2.20. The van der Waals surface area contributed by atoms with Gasteiger partial charge in [0, 0.05) is 18.3 Å². The van der Waals surface area contributed by atoms with Gasteiger partial charge in [-0.1, -0.05) is 20.3 Å². The van der Waals surface area contributed by atoms with E-state index in [0.717, 1.165) is 38.0 Å². The third kappa shape index (κ3) is 5.68. The van der Waals surface area contributed by atoms with Crippen LogP contribution < -0.4 is 10.6 Å². The van der Waals surface area contributed by atoms with E-state index in [-0.39, 0.29) is 5.82 Å². The Morgan fingerprint density at radius 3 is 2.41 bits per heavy atom. The maximum absolute atomic E-state index is 12.8. The molecule has 2 nitrogen and oxygen atoms in total. The van der Waals surface area contributed by atoms with Crippen LogP contribution in [0.2, 0.25) is 0 Å². The van der Waals surface area contributed by atoms with E-state index in [4.69, 9.17) is 0 Å². The van der Waals surface area contributed by atoms with Crippen LogP contribution >= 0.6 is 0 Å². The van der Waals surface area contributed by atoms with E-state index in [1.54, 1.807) is 12.1 Å². The van der Waals surface area contributed by atoms with E-state index in [1.807, 2.05) is 0 Å². The zero-order chi connectivity index (χ0) is 12.5. The van der Waals surface area contributed by atoms with E-state index >= 15 is 0 Å². The van der Waals surface area contributed by atoms with Gasteiger partial charge in [0.15, 0.2) is 0 Å². The van der Waals surface area contributed by atoms with Crippen molar-refractivity contribution in [2.75, 3.05) is 18.4 Å². The summed E-state index contributed by atoms with van der Waals surface area (Å²) < 4.78 is 12.8. The minimum atomic E-state index is -0.188. The van der Waals surface area contributed by atoms with Gasteiger partial charge in [0.25, 0.3) is 0 Å². The second-order valence-electron chi connectivity index (χ2n) is 4.34. The number of nitrogens with one attached hydrogen (secondary N) is 2. The molecule has 0 bridgehead atoms. The highest BCUT2D eigenvalue weighted by Gasteiger charge is 2.06. The molecule has 0 aromatic heterocycles. The number of hydrogen-bond donors (Lipinski definition) is 2. The first-order chi connectivity index (χ1) is 8.26. The molecule has 0 amide bonds. The summed E-state index contributed by atoms with van der Waals surface area (Å²) >= 11 is 0. The molecule has 1 unspecified atom stereocenters. The molecule has 1 rings (SSSR count). The Morgan fingerprint density at radius 2 is 1.82 bits per heavy atom. The maximum Gasteiger partial charge on any atom is 0.123 e. The van der Waals surface area contributed by atoms with Gasteiger partial charge in [-0.3, -0.25) is 0 Å². The predicted molar refractivity (Wildman–Crippen MR) is 71.9 cm³/mol. The quantitative estimate of drug-likeness (QED) is 0.678. The summed E-state index contributed by atoms with van der Waals surface area (Å²) in [4.78, 5) is 0. The zero-order valence-corrected chi connectivity index (χ0v) is 10.8. The minimum Gasteiger partial charge on any atom is -0.381 e. The van der Waals surface area contributed by atoms with Crippen molar-refractivity contribution in [1.29, 1.82) is 0 Å². The van der Waals surface area contributed by atoms with Gasteiger partial charge < -0.3 is 10.6 Å². The first-order valence-electron chi connectivity index (χ1n) is 6.49. The smallest absolute Gasteiger partial charge is 0.123 e. The molecule has 0 fully saturated rings. The largest absolute Gasteiger partial charge is 0.381 e. The van der Waals surface area contributed by atoms with Gasteiger partial charge in [-0.05, 0) is 43.7 Å². The third-order valence-corrected chi connectivity index (χ3v) is 2.67. The lowest BCUT2D eigenvalue weighted by atomic mass is 10.1. The van der Waals surface area contributed by atoms with Gasteiger partial charge >= 0.3 is 0 Å². The van der Waals surface area contributed by atoms with Gasteiger partial charge in [0.05, 0.1) is 0 Å². The van der Waals surface area contributed by atoms with E-state index < -0.39 is 0 Å². The Bertz CT molecular complexity index is 298. The first kappa shape index (κ1) is 14.0. The summed E-state index contributed by atoms with van der Waals surface area (Å²) in [6.07, 6.45) is 3.41. The van der Waals surface area contributed by atoms with Crippen molar-refractivity contribution in [1.82, 2.24) is 5.32 Å². The molecule has 0 heterocycles. The molecule has 1 aromatic rings. The molecule has 0 saturated heterocycles. The van der Waals surface area contributed by atoms with Gasteiger partial charge in [0.1, 0.15) is 5.82 Å². The summed E-state index contributed by atoms with van der Waals surface area (Å²) in [7, 11) is 0. The highest BCUT2D eigenvalue weighted by atomic mass is 19.1. The molecule has 96 valence electrons. The van der Waals surface area contributed by atoms with Crippen molar-refractivity contribution in [3.05, 3.63) is 30.1 Å². The Kier molecular flexibility index (Phi) is 6.63. The molecule has 0 aliphatic carbocycles. The number of anilines is 1. The molecule has 0 aliphatic heterocycles. The van der Waals surface area contributed by atoms with Crippen LogP contribution in [0.25, 0.3) is 0 Å². The molecule has 0 spiro atoms. The molecule has 1 atom stereocenters. The summed E-state index contributed by atoms with van der Waals surface area (Å²) in [5.74, 6) is -0.188. The summed E-state index contributed by atoms with van der Waals surface area (Å²) in [6.45, 7) is 6.35. The van der Waals surface area contributed by atoms with Gasteiger partial charge in [-0.15, -0.1) is 0 Å². The van der Waals surface area contributed by atoms with Crippen molar-refractivity contribution in [3.63, 3.8) is 0 Å². The monoisotopic (exact) mass is 238 g/mol. The molecular formula is C14H23FN2. The van der Waals surface area contributed by atoms with Crippen LogP contribution in [0, 0.1) is 5.82 Å². The molecule has 0 radical (unpaired) electrons. The van der Waals surface area contributed by atoms with Crippen molar-refractivity contribution in [3.8, 4) is 0 Å². The van der Waals surface area contributed by atoms with Crippen LogP contribution in [-0.2, 0) is 0 Å². The second kappa shape index (κ2) is 8.07. The number of hydrogen-bond acceptors (Lipinski definition) is 2. The number of rotatable bonds is 8. The van der Waals surface area contributed by atoms with Crippen LogP contribution in [-0.4, -0.2) is 19.1 Å². The van der Waals surface area contributed by atoms with Crippen LogP contribution in [0.1, 0.15) is 33.1 Å². The molecular weight excluding hydrogens is 215 g/mol. The fourth-order valence-electron chi connectivity index (χ4n) is 1.81. The Morgan fingerprint density at radius 1 is 1.12 bits per heavy atom. The Balaban J connectivity index is 2.44. The molecule has 3 heteroatoms. The zero-order valence-electron chi connectivity index (χ0n) is 10.8. The van der Waals surface area contributed by atoms with Gasteiger partial charge in [-0.25, -0.2) is 4.39 Å². The summed E-state index contributed by atoms with van der Waals surface area (Å²) in [6, 6.07) is 6.97. The second-order valence-corrected chi connectivity index (χ2v) is 4.34. The molecule has 17 heavy (non-hydrogen) atoms. The van der Waals surface area contributed by atoms with Crippen molar-refractivity contribution in [2.24, 2.45) is 0 Å². The van der Waals surface area contributed by atoms with E-state index in [0.29, 0.717) is 6.04 Å². The van der Waals surface area contributed by atoms with Crippen molar-refractivity contribution >= 4 is 5.69 Å². The topological polar surface area (TPSA) is 24.1 Å². The molecule has 0 saturated carbocycles. The summed E-state index contributed by atoms with van der Waals surface area (Å²) in [5.41, 5.74) is 0.989. The van der Waals surface area contributed by atoms with E-state index in [2.05, 4.69) is 24.5 Å². The third-order valence-electron chi connectivity index (χ3n) is 2.67. The van der Waals surface area contributed by atoms with E-state index in [1.165, 1.54) is 12.1 Å². The van der Waals surface area contributed by atoms with Gasteiger partial charge in [0.2, 0.25) is 0 Å². The minimum absolute atomic E-state index is 0.188. The van der Waals surface area contributed by atoms with Crippen LogP contribution in [0.3, 0.4) is 0 Å². The SMILES string of the molecule is CCCNCC(CCC)Nc1ccc(F)cc1. The lowest BCUT2D eigenvalue weighted by molar-refractivity contribution is 0.562. The standard InChI is InChI=1S/C14H23FN2/c1-3-5-14(11-16-10-4-2)17-13-8-6-12(15)7-9-13/h6-9,14,16-17H,3-5,10-11H2,1-2H3. The fourth-order valence-corrected chi connectivity index (χ4v) is 1.81. The van der Waals surface area contributed by atoms with Crippen molar-refractivity contribution in [2.45, 2.75) is 39.2 Å². The highest BCUT2D eigenvalue weighted by molar-refractivity contribution is 5.43.